The first kappa shape index (κ1) is 27.3. The molecule has 0 amide bonds. The summed E-state index contributed by atoms with van der Waals surface area (Å²) in [6.07, 6.45) is 20.1. The van der Waals surface area contributed by atoms with E-state index in [0.29, 0.717) is 17.5 Å². The molecular formula is C30H44N2O3. The number of esters is 1. The summed E-state index contributed by atoms with van der Waals surface area (Å²) in [6, 6.07) is 7.43. The maximum absolute atomic E-state index is 12.6. The summed E-state index contributed by atoms with van der Waals surface area (Å²) in [5.74, 6) is 0.437. The summed E-state index contributed by atoms with van der Waals surface area (Å²) >= 11 is 0. The molecule has 2 aromatic rings. The van der Waals surface area contributed by atoms with Gasteiger partial charge < -0.3 is 9.47 Å². The molecule has 0 N–H and O–H groups in total. The molecule has 0 saturated heterocycles. The maximum Gasteiger partial charge on any atom is 0.338 e. The van der Waals surface area contributed by atoms with Crippen molar-refractivity contribution in [2.45, 2.75) is 116 Å². The lowest BCUT2D eigenvalue weighted by Gasteiger charge is -2.28. The monoisotopic (exact) mass is 480 g/mol. The van der Waals surface area contributed by atoms with E-state index in [1.54, 1.807) is 0 Å². The SMILES string of the molecule is CCCCCCCc1cnc(-c2ccc(C(=O)O[C@H]3CC[C@H](OCCCCCC)CC3)cc2)nc1. The molecule has 0 spiro atoms. The molecular weight excluding hydrogens is 436 g/mol. The lowest BCUT2D eigenvalue weighted by molar-refractivity contribution is -0.0204. The van der Waals surface area contributed by atoms with E-state index in [9.17, 15) is 4.79 Å². The van der Waals surface area contributed by atoms with Crippen LogP contribution in [0, 0.1) is 0 Å². The fraction of sp³-hybridized carbons (Fsp3) is 0.633. The number of unbranched alkanes of at least 4 members (excludes halogenated alkanes) is 7. The van der Waals surface area contributed by atoms with Crippen molar-refractivity contribution in [3.8, 4) is 11.4 Å². The molecule has 5 nitrogen and oxygen atoms in total. The third-order valence-corrected chi connectivity index (χ3v) is 6.90. The van der Waals surface area contributed by atoms with Gasteiger partial charge in [-0.25, -0.2) is 14.8 Å². The Bertz CT molecular complexity index is 843. The summed E-state index contributed by atoms with van der Waals surface area (Å²) < 4.78 is 11.8. The molecule has 192 valence electrons. The number of rotatable bonds is 15. The number of carbonyl (C=O) groups excluding carboxylic acids is 1. The minimum Gasteiger partial charge on any atom is -0.459 e. The van der Waals surface area contributed by atoms with Crippen molar-refractivity contribution in [1.29, 1.82) is 0 Å². The number of ether oxygens (including phenoxy) is 2. The Morgan fingerprint density at radius 1 is 0.800 bits per heavy atom. The Hall–Kier alpha value is -2.27. The van der Waals surface area contributed by atoms with Gasteiger partial charge in [-0.05, 0) is 62.6 Å². The molecule has 1 saturated carbocycles. The highest BCUT2D eigenvalue weighted by Gasteiger charge is 2.24. The largest absolute Gasteiger partial charge is 0.459 e. The normalized spacial score (nSPS) is 17.9. The van der Waals surface area contributed by atoms with Crippen LogP contribution >= 0.6 is 0 Å². The zero-order valence-corrected chi connectivity index (χ0v) is 21.8. The molecule has 1 aromatic heterocycles. The lowest BCUT2D eigenvalue weighted by Crippen LogP contribution is -2.28. The van der Waals surface area contributed by atoms with Gasteiger partial charge in [-0.15, -0.1) is 0 Å². The van der Waals surface area contributed by atoms with Crippen molar-refractivity contribution in [2.75, 3.05) is 6.61 Å². The topological polar surface area (TPSA) is 61.3 Å². The average molecular weight is 481 g/mol. The summed E-state index contributed by atoms with van der Waals surface area (Å²) in [5, 5.41) is 0. The van der Waals surface area contributed by atoms with Crippen molar-refractivity contribution < 1.29 is 14.3 Å². The number of hydrogen-bond acceptors (Lipinski definition) is 5. The van der Waals surface area contributed by atoms with Gasteiger partial charge in [0.2, 0.25) is 0 Å². The minimum atomic E-state index is -0.250. The Labute approximate surface area is 212 Å². The molecule has 0 aliphatic heterocycles. The first-order valence-corrected chi connectivity index (χ1v) is 13.9. The molecule has 3 rings (SSSR count). The zero-order valence-electron chi connectivity index (χ0n) is 21.8. The molecule has 1 fully saturated rings. The fourth-order valence-electron chi connectivity index (χ4n) is 4.64. The van der Waals surface area contributed by atoms with Crippen LogP contribution in [0.25, 0.3) is 11.4 Å². The van der Waals surface area contributed by atoms with Crippen molar-refractivity contribution in [3.05, 3.63) is 47.8 Å². The van der Waals surface area contributed by atoms with Crippen LogP contribution in [0.3, 0.4) is 0 Å². The van der Waals surface area contributed by atoms with Gasteiger partial charge in [0.05, 0.1) is 11.7 Å². The van der Waals surface area contributed by atoms with E-state index in [-0.39, 0.29) is 12.1 Å². The van der Waals surface area contributed by atoms with Crippen LogP contribution in [-0.2, 0) is 15.9 Å². The van der Waals surface area contributed by atoms with Crippen molar-refractivity contribution >= 4 is 5.97 Å². The summed E-state index contributed by atoms with van der Waals surface area (Å²) in [5.41, 5.74) is 2.67. The van der Waals surface area contributed by atoms with Crippen LogP contribution < -0.4 is 0 Å². The van der Waals surface area contributed by atoms with Gasteiger partial charge in [-0.2, -0.15) is 0 Å². The van der Waals surface area contributed by atoms with Gasteiger partial charge in [0.1, 0.15) is 6.10 Å². The van der Waals surface area contributed by atoms with Gasteiger partial charge in [-0.1, -0.05) is 70.9 Å². The number of hydrogen-bond donors (Lipinski definition) is 0. The van der Waals surface area contributed by atoms with E-state index in [2.05, 4.69) is 23.8 Å². The zero-order chi connectivity index (χ0) is 24.7. The standard InChI is InChI=1S/C30H44N2O3/c1-3-5-7-9-10-12-24-22-31-29(32-23-24)25-13-15-26(16-14-25)30(33)35-28-19-17-27(18-20-28)34-21-11-8-6-4-2/h13-16,22-23,27-28H,3-12,17-21H2,1-2H3/t27-,28-. The minimum absolute atomic E-state index is 0.0139. The molecule has 1 aliphatic carbocycles. The van der Waals surface area contributed by atoms with E-state index in [1.807, 2.05) is 36.7 Å². The van der Waals surface area contributed by atoms with Gasteiger partial charge in [0.25, 0.3) is 0 Å². The van der Waals surface area contributed by atoms with E-state index in [1.165, 1.54) is 56.9 Å². The van der Waals surface area contributed by atoms with Gasteiger partial charge in [0, 0.05) is 24.6 Å². The molecule has 1 aromatic carbocycles. The number of carbonyl (C=O) groups is 1. The van der Waals surface area contributed by atoms with Crippen LogP contribution in [0.2, 0.25) is 0 Å². The van der Waals surface area contributed by atoms with Crippen LogP contribution in [0.15, 0.2) is 36.7 Å². The van der Waals surface area contributed by atoms with Crippen molar-refractivity contribution in [1.82, 2.24) is 9.97 Å². The van der Waals surface area contributed by atoms with E-state index in [4.69, 9.17) is 9.47 Å². The van der Waals surface area contributed by atoms with Gasteiger partial charge in [-0.3, -0.25) is 0 Å². The number of nitrogens with zero attached hydrogens (tertiary/aromatic N) is 2. The van der Waals surface area contributed by atoms with Crippen molar-refractivity contribution in [3.63, 3.8) is 0 Å². The highest BCUT2D eigenvalue weighted by molar-refractivity contribution is 5.90. The Morgan fingerprint density at radius 2 is 1.40 bits per heavy atom. The first-order valence-electron chi connectivity index (χ1n) is 13.9. The summed E-state index contributed by atoms with van der Waals surface area (Å²) in [7, 11) is 0. The molecule has 1 heterocycles. The average Bonchev–Trinajstić information content (AvgIpc) is 2.90. The highest BCUT2D eigenvalue weighted by Crippen LogP contribution is 2.25. The highest BCUT2D eigenvalue weighted by atomic mass is 16.5. The van der Waals surface area contributed by atoms with Crippen LogP contribution in [0.4, 0.5) is 0 Å². The second kappa shape index (κ2) is 15.7. The van der Waals surface area contributed by atoms with E-state index in [0.717, 1.165) is 50.7 Å². The predicted octanol–water partition coefficient (Wildman–Crippen LogP) is 7.72. The summed E-state index contributed by atoms with van der Waals surface area (Å²) in [4.78, 5) is 21.7. The smallest absolute Gasteiger partial charge is 0.338 e. The first-order chi connectivity index (χ1) is 17.2. The lowest BCUT2D eigenvalue weighted by atomic mass is 9.95. The third kappa shape index (κ3) is 9.71. The Kier molecular flexibility index (Phi) is 12.2. The number of benzene rings is 1. The van der Waals surface area contributed by atoms with Crippen LogP contribution in [0.1, 0.15) is 113 Å². The molecule has 0 unspecified atom stereocenters. The van der Waals surface area contributed by atoms with E-state index >= 15 is 0 Å². The van der Waals surface area contributed by atoms with Crippen LogP contribution in [0.5, 0.6) is 0 Å². The fourth-order valence-corrected chi connectivity index (χ4v) is 4.64. The molecule has 0 radical (unpaired) electrons. The molecule has 1 aliphatic rings. The Morgan fingerprint density at radius 3 is 2.06 bits per heavy atom. The predicted molar refractivity (Wildman–Crippen MR) is 141 cm³/mol. The Balaban J connectivity index is 1.39. The maximum atomic E-state index is 12.6. The summed E-state index contributed by atoms with van der Waals surface area (Å²) in [6.45, 7) is 5.31. The van der Waals surface area contributed by atoms with Crippen LogP contribution in [-0.4, -0.2) is 34.8 Å². The van der Waals surface area contributed by atoms with Crippen molar-refractivity contribution in [2.24, 2.45) is 0 Å². The third-order valence-electron chi connectivity index (χ3n) is 6.90. The quantitative estimate of drug-likeness (QED) is 0.193. The molecule has 5 heteroatoms. The number of aryl methyl sites for hydroxylation is 1. The second-order valence-corrected chi connectivity index (χ2v) is 9.89. The molecule has 35 heavy (non-hydrogen) atoms. The van der Waals surface area contributed by atoms with Gasteiger partial charge in [0.15, 0.2) is 5.82 Å². The second-order valence-electron chi connectivity index (χ2n) is 9.89. The molecule has 0 bridgehead atoms. The van der Waals surface area contributed by atoms with E-state index < -0.39 is 0 Å². The number of aromatic nitrogens is 2. The van der Waals surface area contributed by atoms with Gasteiger partial charge >= 0.3 is 5.97 Å². The molecule has 0 atom stereocenters.